The molecule has 0 unspecified atom stereocenters. The highest BCUT2D eigenvalue weighted by Crippen LogP contribution is 2.23. The molecule has 1 amide bonds. The van der Waals surface area contributed by atoms with Crippen molar-refractivity contribution in [3.63, 3.8) is 0 Å². The quantitative estimate of drug-likeness (QED) is 0.875. The third-order valence-electron chi connectivity index (χ3n) is 3.11. The molecule has 3 nitrogen and oxygen atoms in total. The van der Waals surface area contributed by atoms with Gasteiger partial charge in [-0.1, -0.05) is 17.7 Å². The summed E-state index contributed by atoms with van der Waals surface area (Å²) in [6.07, 6.45) is 0. The van der Waals surface area contributed by atoms with Gasteiger partial charge in [0.25, 0.3) is 5.91 Å². The molecule has 0 spiro atoms. The molecule has 0 aromatic heterocycles. The van der Waals surface area contributed by atoms with E-state index in [0.717, 1.165) is 0 Å². The van der Waals surface area contributed by atoms with Crippen LogP contribution in [-0.4, -0.2) is 12.5 Å². The fourth-order valence-electron chi connectivity index (χ4n) is 1.98. The monoisotopic (exact) mass is 306 g/mol. The van der Waals surface area contributed by atoms with Crippen molar-refractivity contribution < 1.29 is 9.18 Å². The van der Waals surface area contributed by atoms with E-state index in [9.17, 15) is 9.18 Å². The van der Waals surface area contributed by atoms with Crippen molar-refractivity contribution in [2.45, 2.75) is 13.8 Å². The van der Waals surface area contributed by atoms with Gasteiger partial charge in [-0.3, -0.25) is 4.79 Å². The molecule has 0 saturated heterocycles. The predicted octanol–water partition coefficient (Wildman–Crippen LogP) is 4.47. The SMILES string of the molecule is CCNc1ccc(Cl)cc1C(=O)Nc1cccc(F)c1C. The fraction of sp³-hybridized carbons (Fsp3) is 0.188. The zero-order valence-electron chi connectivity index (χ0n) is 11.8. The minimum atomic E-state index is -0.356. The molecule has 2 rings (SSSR count). The maximum atomic E-state index is 13.5. The molecule has 0 radical (unpaired) electrons. The van der Waals surface area contributed by atoms with Crippen LogP contribution in [0.2, 0.25) is 5.02 Å². The lowest BCUT2D eigenvalue weighted by Crippen LogP contribution is -2.15. The lowest BCUT2D eigenvalue weighted by Gasteiger charge is -2.13. The Labute approximate surface area is 128 Å². The number of amides is 1. The van der Waals surface area contributed by atoms with Gasteiger partial charge in [0.05, 0.1) is 5.56 Å². The van der Waals surface area contributed by atoms with E-state index < -0.39 is 0 Å². The van der Waals surface area contributed by atoms with Crippen molar-refractivity contribution in [3.05, 3.63) is 58.4 Å². The van der Waals surface area contributed by atoms with Gasteiger partial charge in [0.15, 0.2) is 0 Å². The predicted molar refractivity (Wildman–Crippen MR) is 84.7 cm³/mol. The highest BCUT2D eigenvalue weighted by molar-refractivity contribution is 6.31. The Balaban J connectivity index is 2.32. The second kappa shape index (κ2) is 6.59. The molecule has 0 saturated carbocycles. The van der Waals surface area contributed by atoms with Gasteiger partial charge in [-0.15, -0.1) is 0 Å². The van der Waals surface area contributed by atoms with Crippen molar-refractivity contribution in [1.29, 1.82) is 0 Å². The number of hydrogen-bond acceptors (Lipinski definition) is 2. The molecule has 110 valence electrons. The van der Waals surface area contributed by atoms with Crippen molar-refractivity contribution in [1.82, 2.24) is 0 Å². The van der Waals surface area contributed by atoms with E-state index in [4.69, 9.17) is 11.6 Å². The highest BCUT2D eigenvalue weighted by atomic mass is 35.5. The van der Waals surface area contributed by atoms with Crippen molar-refractivity contribution in [2.75, 3.05) is 17.2 Å². The number of carbonyl (C=O) groups is 1. The van der Waals surface area contributed by atoms with Gasteiger partial charge in [-0.25, -0.2) is 4.39 Å². The smallest absolute Gasteiger partial charge is 0.257 e. The standard InChI is InChI=1S/C16H16ClFN2O/c1-3-19-15-8-7-11(17)9-12(15)16(21)20-14-6-4-5-13(18)10(14)2/h4-9,19H,3H2,1-2H3,(H,20,21). The number of anilines is 2. The van der Waals surface area contributed by atoms with Gasteiger partial charge in [0.2, 0.25) is 0 Å². The van der Waals surface area contributed by atoms with E-state index in [1.165, 1.54) is 6.07 Å². The normalized spacial score (nSPS) is 10.3. The number of rotatable bonds is 4. The molecule has 2 aromatic carbocycles. The van der Waals surface area contributed by atoms with Gasteiger partial charge < -0.3 is 10.6 Å². The molecule has 21 heavy (non-hydrogen) atoms. The van der Waals surface area contributed by atoms with E-state index in [2.05, 4.69) is 10.6 Å². The van der Waals surface area contributed by atoms with Crippen LogP contribution in [0.1, 0.15) is 22.8 Å². The van der Waals surface area contributed by atoms with Crippen LogP contribution < -0.4 is 10.6 Å². The van der Waals surface area contributed by atoms with E-state index >= 15 is 0 Å². The Bertz CT molecular complexity index is 673. The Hall–Kier alpha value is -2.07. The van der Waals surface area contributed by atoms with Crippen LogP contribution in [-0.2, 0) is 0 Å². The lowest BCUT2D eigenvalue weighted by molar-refractivity contribution is 0.102. The number of carbonyl (C=O) groups excluding carboxylic acids is 1. The summed E-state index contributed by atoms with van der Waals surface area (Å²) in [5.74, 6) is -0.687. The number of halogens is 2. The summed E-state index contributed by atoms with van der Waals surface area (Å²) in [6, 6.07) is 9.62. The third-order valence-corrected chi connectivity index (χ3v) is 3.34. The average Bonchev–Trinajstić information content (AvgIpc) is 2.46. The molecule has 0 aliphatic carbocycles. The number of hydrogen-bond donors (Lipinski definition) is 2. The third kappa shape index (κ3) is 3.52. The van der Waals surface area contributed by atoms with Gasteiger partial charge >= 0.3 is 0 Å². The Morgan fingerprint density at radius 2 is 2.00 bits per heavy atom. The largest absolute Gasteiger partial charge is 0.385 e. The van der Waals surface area contributed by atoms with Crippen LogP contribution in [0.4, 0.5) is 15.8 Å². The summed E-state index contributed by atoms with van der Waals surface area (Å²) >= 11 is 5.95. The molecule has 2 aromatic rings. The van der Waals surface area contributed by atoms with Crippen LogP contribution in [0, 0.1) is 12.7 Å². The maximum Gasteiger partial charge on any atom is 0.257 e. The minimum Gasteiger partial charge on any atom is -0.385 e. The zero-order chi connectivity index (χ0) is 15.4. The van der Waals surface area contributed by atoms with Crippen LogP contribution in [0.15, 0.2) is 36.4 Å². The topological polar surface area (TPSA) is 41.1 Å². The molecule has 0 heterocycles. The minimum absolute atomic E-state index is 0.331. The van der Waals surface area contributed by atoms with Crippen LogP contribution in [0.5, 0.6) is 0 Å². The van der Waals surface area contributed by atoms with E-state index in [1.54, 1.807) is 37.3 Å². The van der Waals surface area contributed by atoms with E-state index in [1.807, 2.05) is 6.92 Å². The van der Waals surface area contributed by atoms with Gasteiger partial charge in [0.1, 0.15) is 5.82 Å². The lowest BCUT2D eigenvalue weighted by atomic mass is 10.1. The van der Waals surface area contributed by atoms with Gasteiger partial charge in [-0.2, -0.15) is 0 Å². The summed E-state index contributed by atoms with van der Waals surface area (Å²) in [4.78, 5) is 12.4. The van der Waals surface area contributed by atoms with E-state index in [-0.39, 0.29) is 11.7 Å². The first-order valence-corrected chi connectivity index (χ1v) is 7.00. The molecular formula is C16H16ClFN2O. The zero-order valence-corrected chi connectivity index (χ0v) is 12.6. The van der Waals surface area contributed by atoms with Crippen molar-refractivity contribution in [3.8, 4) is 0 Å². The summed E-state index contributed by atoms with van der Waals surface area (Å²) in [7, 11) is 0. The molecule has 0 fully saturated rings. The summed E-state index contributed by atoms with van der Waals surface area (Å²) in [6.45, 7) is 4.24. The van der Waals surface area contributed by atoms with Crippen LogP contribution in [0.3, 0.4) is 0 Å². The summed E-state index contributed by atoms with van der Waals surface area (Å²) in [5, 5.41) is 6.29. The molecule has 0 bridgehead atoms. The maximum absolute atomic E-state index is 13.5. The Morgan fingerprint density at radius 1 is 1.24 bits per heavy atom. The first-order chi connectivity index (χ1) is 10.0. The molecule has 0 atom stereocenters. The first kappa shape index (κ1) is 15.3. The van der Waals surface area contributed by atoms with Gasteiger partial charge in [0, 0.05) is 28.5 Å². The molecular weight excluding hydrogens is 291 g/mol. The van der Waals surface area contributed by atoms with E-state index in [0.29, 0.717) is 34.1 Å². The Kier molecular flexibility index (Phi) is 4.81. The highest BCUT2D eigenvalue weighted by Gasteiger charge is 2.14. The average molecular weight is 307 g/mol. The molecule has 2 N–H and O–H groups in total. The molecule has 0 aliphatic heterocycles. The second-order valence-corrected chi connectivity index (χ2v) is 5.02. The van der Waals surface area contributed by atoms with Crippen molar-refractivity contribution >= 4 is 28.9 Å². The fourth-order valence-corrected chi connectivity index (χ4v) is 2.15. The Morgan fingerprint density at radius 3 is 2.71 bits per heavy atom. The summed E-state index contributed by atoms with van der Waals surface area (Å²) < 4.78 is 13.5. The molecule has 5 heteroatoms. The number of benzene rings is 2. The molecule has 0 aliphatic rings. The van der Waals surface area contributed by atoms with Crippen LogP contribution >= 0.6 is 11.6 Å². The van der Waals surface area contributed by atoms with Crippen molar-refractivity contribution in [2.24, 2.45) is 0 Å². The second-order valence-electron chi connectivity index (χ2n) is 4.59. The van der Waals surface area contributed by atoms with Gasteiger partial charge in [-0.05, 0) is 44.2 Å². The number of nitrogens with one attached hydrogen (secondary N) is 2. The van der Waals surface area contributed by atoms with Crippen LogP contribution in [0.25, 0.3) is 0 Å². The first-order valence-electron chi connectivity index (χ1n) is 6.62. The summed E-state index contributed by atoms with van der Waals surface area (Å²) in [5.41, 5.74) is 1.96.